The topological polar surface area (TPSA) is 79.0 Å². The Kier molecular flexibility index (Phi) is 6.76. The average molecular weight is 456 g/mol. The summed E-state index contributed by atoms with van der Waals surface area (Å²) < 4.78 is 32.7. The number of ether oxygens (including phenoxy) is 1. The third-order valence-corrected chi connectivity index (χ3v) is 8.00. The second-order valence-corrected chi connectivity index (χ2v) is 10.1. The molecule has 0 bridgehead atoms. The van der Waals surface area contributed by atoms with Crippen LogP contribution in [0, 0.1) is 0 Å². The van der Waals surface area contributed by atoms with Crippen molar-refractivity contribution in [3.63, 3.8) is 0 Å². The van der Waals surface area contributed by atoms with Crippen molar-refractivity contribution in [2.45, 2.75) is 24.4 Å². The van der Waals surface area contributed by atoms with Crippen LogP contribution >= 0.6 is 0 Å². The van der Waals surface area contributed by atoms with Crippen LogP contribution in [0.1, 0.15) is 17.5 Å². The van der Waals surface area contributed by atoms with Gasteiger partial charge in [0.25, 0.3) is 0 Å². The van der Waals surface area contributed by atoms with Crippen LogP contribution in [0.15, 0.2) is 59.0 Å². The molecule has 0 atom stereocenters. The normalized spacial score (nSPS) is 17.1. The first kappa shape index (κ1) is 22.7. The molecule has 170 valence electrons. The minimum Gasteiger partial charge on any atom is -0.383 e. The van der Waals surface area contributed by atoms with Gasteiger partial charge in [0.05, 0.1) is 11.5 Å². The van der Waals surface area contributed by atoms with Gasteiger partial charge in [-0.05, 0) is 46.9 Å². The Morgan fingerprint density at radius 1 is 1.06 bits per heavy atom. The van der Waals surface area contributed by atoms with Crippen LogP contribution in [0.3, 0.4) is 0 Å². The molecule has 0 unspecified atom stereocenters. The van der Waals surface area contributed by atoms with E-state index in [4.69, 9.17) is 4.74 Å². The van der Waals surface area contributed by atoms with E-state index in [9.17, 15) is 13.2 Å². The highest BCUT2D eigenvalue weighted by molar-refractivity contribution is 7.89. The van der Waals surface area contributed by atoms with E-state index in [2.05, 4.69) is 28.4 Å². The maximum Gasteiger partial charge on any atom is 0.246 e. The predicted molar refractivity (Wildman–Crippen MR) is 123 cm³/mol. The zero-order valence-corrected chi connectivity index (χ0v) is 19.3. The molecule has 0 radical (unpaired) electrons. The standard InChI is InChI=1S/C24H29N3O4S/c1-25-24(28)19-9-11-27(12-10-19)32(29,30)23-7-5-18(6-8-23)20-3-4-21-16-26(13-14-31-2)17-22(21)15-20/h3-9,15H,10-14,16-17H2,1-2H3,(H,25,28). The monoisotopic (exact) mass is 455 g/mol. The summed E-state index contributed by atoms with van der Waals surface area (Å²) in [6.45, 7) is 3.96. The molecule has 0 spiro atoms. The zero-order chi connectivity index (χ0) is 22.7. The molecule has 7 nitrogen and oxygen atoms in total. The maximum atomic E-state index is 13.0. The third-order valence-electron chi connectivity index (χ3n) is 6.12. The minimum atomic E-state index is -3.60. The van der Waals surface area contributed by atoms with Crippen molar-refractivity contribution in [1.82, 2.24) is 14.5 Å². The van der Waals surface area contributed by atoms with Crippen LogP contribution in [-0.4, -0.2) is 63.9 Å². The van der Waals surface area contributed by atoms with Gasteiger partial charge in [-0.1, -0.05) is 30.3 Å². The molecule has 2 aromatic carbocycles. The van der Waals surface area contributed by atoms with Crippen molar-refractivity contribution in [3.8, 4) is 11.1 Å². The summed E-state index contributed by atoms with van der Waals surface area (Å²) in [7, 11) is -0.311. The second-order valence-electron chi connectivity index (χ2n) is 8.13. The molecule has 2 aliphatic heterocycles. The van der Waals surface area contributed by atoms with Gasteiger partial charge in [0, 0.05) is 52.5 Å². The number of nitrogens with zero attached hydrogens (tertiary/aromatic N) is 2. The number of fused-ring (bicyclic) bond motifs is 1. The van der Waals surface area contributed by atoms with Crippen molar-refractivity contribution in [3.05, 3.63) is 65.2 Å². The van der Waals surface area contributed by atoms with Gasteiger partial charge in [-0.15, -0.1) is 0 Å². The fourth-order valence-electron chi connectivity index (χ4n) is 4.23. The number of sulfonamides is 1. The first-order valence-corrected chi connectivity index (χ1v) is 12.2. The lowest BCUT2D eigenvalue weighted by atomic mass is 10.0. The molecular weight excluding hydrogens is 426 g/mol. The van der Waals surface area contributed by atoms with Gasteiger partial charge in [0.1, 0.15) is 0 Å². The van der Waals surface area contributed by atoms with Gasteiger partial charge in [-0.25, -0.2) is 8.42 Å². The SMILES string of the molecule is CNC(=O)C1=CCN(S(=O)(=O)c2ccc(-c3ccc4c(c3)CN(CCOC)C4)cc2)CC1. The van der Waals surface area contributed by atoms with E-state index in [1.165, 1.54) is 15.4 Å². The molecular formula is C24H29N3O4S. The van der Waals surface area contributed by atoms with E-state index in [0.29, 0.717) is 18.5 Å². The predicted octanol–water partition coefficient (Wildman–Crippen LogP) is 2.38. The van der Waals surface area contributed by atoms with Crippen LogP contribution in [-0.2, 0) is 32.6 Å². The van der Waals surface area contributed by atoms with Crippen molar-refractivity contribution in [2.24, 2.45) is 0 Å². The summed E-state index contributed by atoms with van der Waals surface area (Å²) in [5.41, 5.74) is 5.34. The number of likely N-dealkylation sites (N-methyl/N-ethyl adjacent to an activating group) is 1. The molecule has 32 heavy (non-hydrogen) atoms. The third kappa shape index (κ3) is 4.63. The first-order chi connectivity index (χ1) is 15.4. The van der Waals surface area contributed by atoms with Crippen LogP contribution in [0.25, 0.3) is 11.1 Å². The van der Waals surface area contributed by atoms with Gasteiger partial charge >= 0.3 is 0 Å². The number of nitrogens with one attached hydrogen (secondary N) is 1. The lowest BCUT2D eigenvalue weighted by Gasteiger charge is -2.25. The molecule has 0 aromatic heterocycles. The van der Waals surface area contributed by atoms with Gasteiger partial charge in [-0.3, -0.25) is 9.69 Å². The number of benzene rings is 2. The van der Waals surface area contributed by atoms with Gasteiger partial charge < -0.3 is 10.1 Å². The van der Waals surface area contributed by atoms with Crippen LogP contribution in [0.4, 0.5) is 0 Å². The molecule has 0 saturated heterocycles. The van der Waals surface area contributed by atoms with Crippen molar-refractivity contribution in [1.29, 1.82) is 0 Å². The Balaban J connectivity index is 1.47. The summed E-state index contributed by atoms with van der Waals surface area (Å²) in [5, 5.41) is 2.59. The molecule has 2 aromatic rings. The van der Waals surface area contributed by atoms with Gasteiger partial charge in [0.2, 0.25) is 15.9 Å². The Hall–Kier alpha value is -2.52. The van der Waals surface area contributed by atoms with E-state index < -0.39 is 10.0 Å². The van der Waals surface area contributed by atoms with Crippen molar-refractivity contribution in [2.75, 3.05) is 40.4 Å². The van der Waals surface area contributed by atoms with E-state index >= 15 is 0 Å². The number of hydrogen-bond donors (Lipinski definition) is 1. The van der Waals surface area contributed by atoms with Crippen molar-refractivity contribution < 1.29 is 17.9 Å². The highest BCUT2D eigenvalue weighted by Gasteiger charge is 2.27. The second kappa shape index (κ2) is 9.54. The lowest BCUT2D eigenvalue weighted by Crippen LogP contribution is -2.37. The van der Waals surface area contributed by atoms with Crippen LogP contribution in [0.2, 0.25) is 0 Å². The molecule has 1 amide bonds. The lowest BCUT2D eigenvalue weighted by molar-refractivity contribution is -0.117. The maximum absolute atomic E-state index is 13.0. The Labute approximate surface area is 189 Å². The molecule has 0 saturated carbocycles. The molecule has 0 aliphatic carbocycles. The van der Waals surface area contributed by atoms with Gasteiger partial charge in [0.15, 0.2) is 0 Å². The zero-order valence-electron chi connectivity index (χ0n) is 18.5. The summed E-state index contributed by atoms with van der Waals surface area (Å²) >= 11 is 0. The fourth-order valence-corrected chi connectivity index (χ4v) is 5.61. The Bertz CT molecular complexity index is 1130. The van der Waals surface area contributed by atoms with E-state index in [-0.39, 0.29) is 17.3 Å². The number of carbonyl (C=O) groups excluding carboxylic acids is 1. The van der Waals surface area contributed by atoms with E-state index in [1.807, 2.05) is 12.1 Å². The summed E-state index contributed by atoms with van der Waals surface area (Å²) in [4.78, 5) is 14.4. The number of hydrogen-bond acceptors (Lipinski definition) is 5. The fraction of sp³-hybridized carbons (Fsp3) is 0.375. The number of amides is 1. The molecule has 4 rings (SSSR count). The number of methoxy groups -OCH3 is 1. The molecule has 2 aliphatic rings. The van der Waals surface area contributed by atoms with Crippen molar-refractivity contribution >= 4 is 15.9 Å². The number of carbonyl (C=O) groups is 1. The molecule has 1 N–H and O–H groups in total. The summed E-state index contributed by atoms with van der Waals surface area (Å²) in [5.74, 6) is -0.150. The highest BCUT2D eigenvalue weighted by Crippen LogP contribution is 2.29. The smallest absolute Gasteiger partial charge is 0.246 e. The molecule has 2 heterocycles. The van der Waals surface area contributed by atoms with Crippen LogP contribution < -0.4 is 5.32 Å². The molecule has 0 fully saturated rings. The highest BCUT2D eigenvalue weighted by atomic mass is 32.2. The van der Waals surface area contributed by atoms with Gasteiger partial charge in [-0.2, -0.15) is 4.31 Å². The average Bonchev–Trinajstić information content (AvgIpc) is 3.24. The summed E-state index contributed by atoms with van der Waals surface area (Å²) in [6, 6.07) is 13.5. The molecule has 8 heteroatoms. The Morgan fingerprint density at radius 3 is 2.44 bits per heavy atom. The quantitative estimate of drug-likeness (QED) is 0.694. The van der Waals surface area contributed by atoms with E-state index in [0.717, 1.165) is 37.4 Å². The number of rotatable bonds is 7. The first-order valence-electron chi connectivity index (χ1n) is 10.8. The Morgan fingerprint density at radius 2 is 1.78 bits per heavy atom. The summed E-state index contributed by atoms with van der Waals surface area (Å²) in [6.07, 6.45) is 2.10. The largest absolute Gasteiger partial charge is 0.383 e. The van der Waals surface area contributed by atoms with Crippen LogP contribution in [0.5, 0.6) is 0 Å². The van der Waals surface area contributed by atoms with E-state index in [1.54, 1.807) is 32.4 Å². The minimum absolute atomic E-state index is 0.150.